The quantitative estimate of drug-likeness (QED) is 0.749. The van der Waals surface area contributed by atoms with Gasteiger partial charge in [0.05, 0.1) is 0 Å². The molecule has 0 aliphatic carbocycles. The van der Waals surface area contributed by atoms with Gasteiger partial charge in [-0.3, -0.25) is 9.69 Å². The number of nitrogens with two attached hydrogens (primary N) is 1. The highest BCUT2D eigenvalue weighted by molar-refractivity contribution is 5.82. The molecule has 4 nitrogen and oxygen atoms in total. The van der Waals surface area contributed by atoms with Gasteiger partial charge in [-0.15, -0.1) is 0 Å². The molecule has 1 aliphatic rings. The van der Waals surface area contributed by atoms with Crippen LogP contribution < -0.4 is 11.1 Å². The van der Waals surface area contributed by atoms with Crippen molar-refractivity contribution in [2.24, 2.45) is 5.73 Å². The molecule has 1 aromatic rings. The second-order valence-electron chi connectivity index (χ2n) is 4.00. The normalized spacial score (nSPS) is 21.8. The topological polar surface area (TPSA) is 58.4 Å². The molecule has 0 bridgehead atoms. The van der Waals surface area contributed by atoms with Crippen molar-refractivity contribution < 1.29 is 4.79 Å². The van der Waals surface area contributed by atoms with E-state index in [9.17, 15) is 4.79 Å². The summed E-state index contributed by atoms with van der Waals surface area (Å²) in [6.07, 6.45) is 0. The first-order chi connectivity index (χ1) is 7.81. The van der Waals surface area contributed by atoms with Gasteiger partial charge in [-0.1, -0.05) is 30.3 Å². The summed E-state index contributed by atoms with van der Waals surface area (Å²) in [6, 6.07) is 9.97. The average molecular weight is 219 g/mol. The molecule has 16 heavy (non-hydrogen) atoms. The molecular weight excluding hydrogens is 202 g/mol. The molecule has 1 amide bonds. The largest absolute Gasteiger partial charge is 0.353 e. The Balaban J connectivity index is 2.05. The first-order valence-electron chi connectivity index (χ1n) is 5.57. The van der Waals surface area contributed by atoms with Gasteiger partial charge in [-0.25, -0.2) is 0 Å². The van der Waals surface area contributed by atoms with Crippen molar-refractivity contribution in [3.8, 4) is 0 Å². The van der Waals surface area contributed by atoms with Crippen molar-refractivity contribution in [3.63, 3.8) is 0 Å². The fraction of sp³-hybridized carbons (Fsp3) is 0.417. The Labute approximate surface area is 95.4 Å². The Morgan fingerprint density at radius 2 is 2.12 bits per heavy atom. The smallest absolute Gasteiger partial charge is 0.238 e. The summed E-state index contributed by atoms with van der Waals surface area (Å²) in [4.78, 5) is 13.7. The van der Waals surface area contributed by atoms with Crippen LogP contribution in [0.2, 0.25) is 0 Å². The van der Waals surface area contributed by atoms with Gasteiger partial charge >= 0.3 is 0 Å². The van der Waals surface area contributed by atoms with E-state index in [4.69, 9.17) is 5.73 Å². The van der Waals surface area contributed by atoms with Gasteiger partial charge in [0, 0.05) is 26.2 Å². The average Bonchev–Trinajstić information content (AvgIpc) is 2.31. The summed E-state index contributed by atoms with van der Waals surface area (Å²) in [5.74, 6) is 0.0460. The van der Waals surface area contributed by atoms with E-state index in [2.05, 4.69) is 22.3 Å². The van der Waals surface area contributed by atoms with Crippen LogP contribution >= 0.6 is 0 Å². The lowest BCUT2D eigenvalue weighted by Crippen LogP contribution is -2.57. The second kappa shape index (κ2) is 5.09. The molecule has 0 spiro atoms. The molecule has 1 saturated heterocycles. The van der Waals surface area contributed by atoms with Crippen LogP contribution in [-0.4, -0.2) is 36.5 Å². The second-order valence-corrected chi connectivity index (χ2v) is 4.00. The van der Waals surface area contributed by atoms with E-state index >= 15 is 0 Å². The fourth-order valence-electron chi connectivity index (χ4n) is 2.03. The van der Waals surface area contributed by atoms with Gasteiger partial charge in [0.1, 0.15) is 6.04 Å². The molecule has 4 heteroatoms. The summed E-state index contributed by atoms with van der Waals surface area (Å²) in [5.41, 5.74) is 6.85. The number of nitrogens with one attached hydrogen (secondary N) is 1. The number of piperazine rings is 1. The maximum atomic E-state index is 11.6. The Morgan fingerprint density at radius 1 is 1.38 bits per heavy atom. The minimum Gasteiger partial charge on any atom is -0.353 e. The van der Waals surface area contributed by atoms with Gasteiger partial charge in [-0.05, 0) is 5.56 Å². The van der Waals surface area contributed by atoms with E-state index in [0.717, 1.165) is 13.1 Å². The standard InChI is InChI=1S/C12H17N3O/c13-8-11-12(16)14-6-7-15(11)9-10-4-2-1-3-5-10/h1-5,11H,6-9,13H2,(H,14,16). The lowest BCUT2D eigenvalue weighted by atomic mass is 10.1. The van der Waals surface area contributed by atoms with E-state index in [1.807, 2.05) is 18.2 Å². The van der Waals surface area contributed by atoms with E-state index in [0.29, 0.717) is 13.1 Å². The highest BCUT2D eigenvalue weighted by Crippen LogP contribution is 2.10. The van der Waals surface area contributed by atoms with E-state index in [1.54, 1.807) is 0 Å². The molecule has 1 fully saturated rings. The number of rotatable bonds is 3. The molecule has 1 aliphatic heterocycles. The zero-order valence-electron chi connectivity index (χ0n) is 9.23. The van der Waals surface area contributed by atoms with Gasteiger partial charge in [0.2, 0.25) is 5.91 Å². The zero-order valence-corrected chi connectivity index (χ0v) is 9.23. The van der Waals surface area contributed by atoms with Gasteiger partial charge < -0.3 is 11.1 Å². The first-order valence-corrected chi connectivity index (χ1v) is 5.57. The van der Waals surface area contributed by atoms with E-state index < -0.39 is 0 Å². The van der Waals surface area contributed by atoms with Crippen LogP contribution in [0, 0.1) is 0 Å². The predicted molar refractivity (Wildman–Crippen MR) is 62.7 cm³/mol. The monoisotopic (exact) mass is 219 g/mol. The van der Waals surface area contributed by atoms with Gasteiger partial charge in [-0.2, -0.15) is 0 Å². The van der Waals surface area contributed by atoms with Crippen LogP contribution in [0.15, 0.2) is 30.3 Å². The minimum absolute atomic E-state index is 0.0460. The lowest BCUT2D eigenvalue weighted by molar-refractivity contribution is -0.128. The summed E-state index contributed by atoms with van der Waals surface area (Å²) in [7, 11) is 0. The highest BCUT2D eigenvalue weighted by Gasteiger charge is 2.27. The number of nitrogens with zero attached hydrogens (tertiary/aromatic N) is 1. The summed E-state index contributed by atoms with van der Waals surface area (Å²) in [5, 5.41) is 2.84. The van der Waals surface area contributed by atoms with Crippen molar-refractivity contribution >= 4 is 5.91 Å². The van der Waals surface area contributed by atoms with E-state index in [-0.39, 0.29) is 11.9 Å². The SMILES string of the molecule is NCC1C(=O)NCCN1Cc1ccccc1. The fourth-order valence-corrected chi connectivity index (χ4v) is 2.03. The van der Waals surface area contributed by atoms with Crippen molar-refractivity contribution in [2.45, 2.75) is 12.6 Å². The first kappa shape index (κ1) is 11.1. The molecule has 86 valence electrons. The van der Waals surface area contributed by atoms with Crippen LogP contribution in [0.1, 0.15) is 5.56 Å². The molecule has 1 atom stereocenters. The molecule has 0 radical (unpaired) electrons. The Kier molecular flexibility index (Phi) is 3.54. The van der Waals surface area contributed by atoms with Crippen LogP contribution in [0.5, 0.6) is 0 Å². The molecule has 3 N–H and O–H groups in total. The van der Waals surface area contributed by atoms with Crippen molar-refractivity contribution in [3.05, 3.63) is 35.9 Å². The predicted octanol–water partition coefficient (Wildman–Crippen LogP) is -0.0543. The van der Waals surface area contributed by atoms with Crippen molar-refractivity contribution in [2.75, 3.05) is 19.6 Å². The van der Waals surface area contributed by atoms with Gasteiger partial charge in [0.25, 0.3) is 0 Å². The van der Waals surface area contributed by atoms with Gasteiger partial charge in [0.15, 0.2) is 0 Å². The molecule has 1 unspecified atom stereocenters. The molecule has 1 aromatic carbocycles. The number of carbonyl (C=O) groups is 1. The summed E-state index contributed by atoms with van der Waals surface area (Å²) in [6.45, 7) is 2.74. The number of hydrogen-bond acceptors (Lipinski definition) is 3. The third-order valence-corrected chi connectivity index (χ3v) is 2.89. The number of amides is 1. The molecule has 1 heterocycles. The Morgan fingerprint density at radius 3 is 2.81 bits per heavy atom. The van der Waals surface area contributed by atoms with Crippen molar-refractivity contribution in [1.82, 2.24) is 10.2 Å². The number of hydrogen-bond donors (Lipinski definition) is 2. The third kappa shape index (κ3) is 2.40. The molecule has 0 aromatic heterocycles. The Hall–Kier alpha value is -1.39. The minimum atomic E-state index is -0.186. The summed E-state index contributed by atoms with van der Waals surface area (Å²) >= 11 is 0. The van der Waals surface area contributed by atoms with Crippen LogP contribution in [0.3, 0.4) is 0 Å². The van der Waals surface area contributed by atoms with Crippen LogP contribution in [-0.2, 0) is 11.3 Å². The molecule has 2 rings (SSSR count). The molecule has 0 saturated carbocycles. The summed E-state index contributed by atoms with van der Waals surface area (Å²) < 4.78 is 0. The maximum absolute atomic E-state index is 11.6. The Bertz CT molecular complexity index is 353. The molecular formula is C12H17N3O. The van der Waals surface area contributed by atoms with E-state index in [1.165, 1.54) is 5.56 Å². The zero-order chi connectivity index (χ0) is 11.4. The van der Waals surface area contributed by atoms with Crippen LogP contribution in [0.4, 0.5) is 0 Å². The number of benzene rings is 1. The van der Waals surface area contributed by atoms with Crippen molar-refractivity contribution in [1.29, 1.82) is 0 Å². The van der Waals surface area contributed by atoms with Crippen LogP contribution in [0.25, 0.3) is 0 Å². The third-order valence-electron chi connectivity index (χ3n) is 2.89. The lowest BCUT2D eigenvalue weighted by Gasteiger charge is -2.34. The highest BCUT2D eigenvalue weighted by atomic mass is 16.2. The number of carbonyl (C=O) groups excluding carboxylic acids is 1. The maximum Gasteiger partial charge on any atom is 0.238 e.